The molecule has 102 valence electrons. The van der Waals surface area contributed by atoms with Gasteiger partial charge in [-0.3, -0.25) is 4.90 Å². The smallest absolute Gasteiger partial charge is 0.0330 e. The molecule has 2 heterocycles. The molecule has 1 aromatic rings. The van der Waals surface area contributed by atoms with Crippen molar-refractivity contribution in [1.82, 2.24) is 10.2 Å². The lowest BCUT2D eigenvalue weighted by Gasteiger charge is -2.36. The van der Waals surface area contributed by atoms with E-state index < -0.39 is 0 Å². The van der Waals surface area contributed by atoms with Gasteiger partial charge in [0.2, 0.25) is 0 Å². The fourth-order valence-electron chi connectivity index (χ4n) is 2.65. The number of rotatable bonds is 5. The summed E-state index contributed by atoms with van der Waals surface area (Å²) < 4.78 is 0. The van der Waals surface area contributed by atoms with Crippen molar-refractivity contribution in [3.63, 3.8) is 0 Å². The van der Waals surface area contributed by atoms with E-state index in [1.807, 2.05) is 11.3 Å². The Bertz CT molecular complexity index is 361. The summed E-state index contributed by atoms with van der Waals surface area (Å²) in [5.74, 6) is 0.863. The third-order valence-corrected chi connectivity index (χ3v) is 4.94. The van der Waals surface area contributed by atoms with Gasteiger partial charge in [0, 0.05) is 35.4 Å². The quantitative estimate of drug-likeness (QED) is 0.878. The van der Waals surface area contributed by atoms with Crippen molar-refractivity contribution in [3.8, 4) is 0 Å². The van der Waals surface area contributed by atoms with Crippen LogP contribution in [0.1, 0.15) is 43.4 Å². The minimum atomic E-state index is 0.750. The van der Waals surface area contributed by atoms with Crippen LogP contribution in [0.15, 0.2) is 12.1 Å². The molecule has 1 aliphatic rings. The Morgan fingerprint density at radius 1 is 1.28 bits per heavy atom. The Balaban J connectivity index is 1.89. The summed E-state index contributed by atoms with van der Waals surface area (Å²) in [5, 5.41) is 3.39. The van der Waals surface area contributed by atoms with Gasteiger partial charge < -0.3 is 5.32 Å². The zero-order chi connectivity index (χ0) is 13.0. The van der Waals surface area contributed by atoms with E-state index in [1.165, 1.54) is 29.1 Å². The number of nitrogens with one attached hydrogen (secondary N) is 1. The van der Waals surface area contributed by atoms with Crippen LogP contribution in [0.5, 0.6) is 0 Å². The third kappa shape index (κ3) is 3.81. The van der Waals surface area contributed by atoms with Crippen LogP contribution in [0.25, 0.3) is 0 Å². The molecule has 18 heavy (non-hydrogen) atoms. The van der Waals surface area contributed by atoms with Gasteiger partial charge >= 0.3 is 0 Å². The Hall–Kier alpha value is -0.380. The van der Waals surface area contributed by atoms with Crippen molar-refractivity contribution in [2.75, 3.05) is 13.1 Å². The van der Waals surface area contributed by atoms with Gasteiger partial charge in [0.25, 0.3) is 0 Å². The standard InChI is InChI=1S/C15H26N2S/c1-4-16-9-14-7-8-15(18-14)11-17-10-12(2)5-6-13(17)3/h7-8,12-13,16H,4-6,9-11H2,1-3H3. The van der Waals surface area contributed by atoms with E-state index in [4.69, 9.17) is 0 Å². The predicted molar refractivity (Wildman–Crippen MR) is 80.0 cm³/mol. The summed E-state index contributed by atoms with van der Waals surface area (Å²) in [6, 6.07) is 5.34. The van der Waals surface area contributed by atoms with Crippen LogP contribution in [0, 0.1) is 5.92 Å². The van der Waals surface area contributed by atoms with Crippen LogP contribution >= 0.6 is 11.3 Å². The molecular formula is C15H26N2S. The molecular weight excluding hydrogens is 240 g/mol. The van der Waals surface area contributed by atoms with Crippen LogP contribution in [-0.4, -0.2) is 24.0 Å². The maximum absolute atomic E-state index is 3.39. The summed E-state index contributed by atoms with van der Waals surface area (Å²) in [5.41, 5.74) is 0. The molecule has 1 saturated heterocycles. The Labute approximate surface area is 115 Å². The number of hydrogen-bond acceptors (Lipinski definition) is 3. The minimum absolute atomic E-state index is 0.750. The first kappa shape index (κ1) is 14.0. The van der Waals surface area contributed by atoms with Gasteiger partial charge in [-0.15, -0.1) is 11.3 Å². The fraction of sp³-hybridized carbons (Fsp3) is 0.733. The van der Waals surface area contributed by atoms with Crippen LogP contribution in [0.2, 0.25) is 0 Å². The lowest BCUT2D eigenvalue weighted by atomic mass is 9.95. The molecule has 0 radical (unpaired) electrons. The summed E-state index contributed by atoms with van der Waals surface area (Å²) in [4.78, 5) is 5.63. The molecule has 0 amide bonds. The van der Waals surface area contributed by atoms with Crippen molar-refractivity contribution >= 4 is 11.3 Å². The van der Waals surface area contributed by atoms with Crippen LogP contribution in [0.4, 0.5) is 0 Å². The molecule has 0 aliphatic carbocycles. The average molecular weight is 266 g/mol. The number of likely N-dealkylation sites (tertiary alicyclic amines) is 1. The first-order chi connectivity index (χ1) is 8.69. The lowest BCUT2D eigenvalue weighted by molar-refractivity contribution is 0.118. The minimum Gasteiger partial charge on any atom is -0.312 e. The van der Waals surface area contributed by atoms with Crippen molar-refractivity contribution in [2.24, 2.45) is 5.92 Å². The molecule has 1 aromatic heterocycles. The summed E-state index contributed by atoms with van der Waals surface area (Å²) >= 11 is 1.97. The molecule has 0 saturated carbocycles. The second kappa shape index (κ2) is 6.69. The van der Waals surface area contributed by atoms with E-state index in [2.05, 4.69) is 43.1 Å². The first-order valence-electron chi connectivity index (χ1n) is 7.21. The Morgan fingerprint density at radius 2 is 2.06 bits per heavy atom. The van der Waals surface area contributed by atoms with E-state index in [9.17, 15) is 0 Å². The van der Waals surface area contributed by atoms with Gasteiger partial charge in [-0.25, -0.2) is 0 Å². The van der Waals surface area contributed by atoms with Crippen molar-refractivity contribution in [3.05, 3.63) is 21.9 Å². The Kier molecular flexibility index (Phi) is 5.22. The summed E-state index contributed by atoms with van der Waals surface area (Å²) in [6.07, 6.45) is 2.75. The second-order valence-electron chi connectivity index (χ2n) is 5.61. The molecule has 1 aliphatic heterocycles. The van der Waals surface area contributed by atoms with Gasteiger partial charge in [0.15, 0.2) is 0 Å². The number of nitrogens with zero attached hydrogens (tertiary/aromatic N) is 1. The maximum atomic E-state index is 3.39. The molecule has 2 unspecified atom stereocenters. The van der Waals surface area contributed by atoms with E-state index >= 15 is 0 Å². The fourth-order valence-corrected chi connectivity index (χ4v) is 3.66. The zero-order valence-electron chi connectivity index (χ0n) is 11.9. The predicted octanol–water partition coefficient (Wildman–Crippen LogP) is 3.48. The number of hydrogen-bond donors (Lipinski definition) is 1. The van der Waals surface area contributed by atoms with Crippen molar-refractivity contribution in [2.45, 2.75) is 52.7 Å². The van der Waals surface area contributed by atoms with E-state index in [0.717, 1.165) is 31.6 Å². The van der Waals surface area contributed by atoms with E-state index in [-0.39, 0.29) is 0 Å². The second-order valence-corrected chi connectivity index (χ2v) is 6.86. The van der Waals surface area contributed by atoms with E-state index in [0.29, 0.717) is 0 Å². The molecule has 0 spiro atoms. The highest BCUT2D eigenvalue weighted by atomic mass is 32.1. The number of piperidine rings is 1. The van der Waals surface area contributed by atoms with Crippen molar-refractivity contribution in [1.29, 1.82) is 0 Å². The highest BCUT2D eigenvalue weighted by Gasteiger charge is 2.22. The monoisotopic (exact) mass is 266 g/mol. The SMILES string of the molecule is CCNCc1ccc(CN2CC(C)CCC2C)s1. The van der Waals surface area contributed by atoms with Gasteiger partial charge in [0.05, 0.1) is 0 Å². The molecule has 3 heteroatoms. The van der Waals surface area contributed by atoms with Gasteiger partial charge in [0.1, 0.15) is 0 Å². The molecule has 2 nitrogen and oxygen atoms in total. The van der Waals surface area contributed by atoms with Gasteiger partial charge in [-0.05, 0) is 44.4 Å². The maximum Gasteiger partial charge on any atom is 0.0330 e. The highest BCUT2D eigenvalue weighted by molar-refractivity contribution is 7.11. The zero-order valence-corrected chi connectivity index (χ0v) is 12.7. The van der Waals surface area contributed by atoms with Crippen LogP contribution in [-0.2, 0) is 13.1 Å². The van der Waals surface area contributed by atoms with Crippen LogP contribution in [0.3, 0.4) is 0 Å². The Morgan fingerprint density at radius 3 is 2.83 bits per heavy atom. The molecule has 1 fully saturated rings. The van der Waals surface area contributed by atoms with E-state index in [1.54, 1.807) is 0 Å². The summed E-state index contributed by atoms with van der Waals surface area (Å²) in [6.45, 7) is 11.4. The lowest BCUT2D eigenvalue weighted by Crippen LogP contribution is -2.40. The molecule has 1 N–H and O–H groups in total. The molecule has 2 rings (SSSR count). The molecule has 0 bridgehead atoms. The summed E-state index contributed by atoms with van der Waals surface area (Å²) in [7, 11) is 0. The largest absolute Gasteiger partial charge is 0.312 e. The highest BCUT2D eigenvalue weighted by Crippen LogP contribution is 2.25. The average Bonchev–Trinajstić information content (AvgIpc) is 2.79. The van der Waals surface area contributed by atoms with Crippen LogP contribution < -0.4 is 5.32 Å². The van der Waals surface area contributed by atoms with Gasteiger partial charge in [-0.1, -0.05) is 13.8 Å². The number of thiophene rings is 1. The van der Waals surface area contributed by atoms with Crippen molar-refractivity contribution < 1.29 is 0 Å². The normalized spacial score (nSPS) is 25.5. The molecule has 2 atom stereocenters. The topological polar surface area (TPSA) is 15.3 Å². The third-order valence-electron chi connectivity index (χ3n) is 3.87. The van der Waals surface area contributed by atoms with Gasteiger partial charge in [-0.2, -0.15) is 0 Å². The molecule has 0 aromatic carbocycles. The first-order valence-corrected chi connectivity index (χ1v) is 8.03.